The van der Waals surface area contributed by atoms with Crippen LogP contribution in [0.1, 0.15) is 39.0 Å². The fourth-order valence-electron chi connectivity index (χ4n) is 2.76. The average molecular weight is 349 g/mol. The number of hydrogen-bond donors (Lipinski definition) is 1. The van der Waals surface area contributed by atoms with Crippen LogP contribution in [0.25, 0.3) is 0 Å². The lowest BCUT2D eigenvalue weighted by atomic mass is 10.1. The van der Waals surface area contributed by atoms with Crippen molar-refractivity contribution in [2.45, 2.75) is 25.7 Å². The molecule has 6 nitrogen and oxygen atoms in total. The van der Waals surface area contributed by atoms with Crippen molar-refractivity contribution in [2.24, 2.45) is 0 Å². The van der Waals surface area contributed by atoms with Crippen molar-refractivity contribution < 1.29 is 22.7 Å². The van der Waals surface area contributed by atoms with Crippen molar-refractivity contribution in [3.05, 3.63) is 46.8 Å². The number of hydrogen-bond acceptors (Lipinski definition) is 5. The number of H-pyrrole nitrogens is 1. The molecule has 0 aliphatic heterocycles. The first-order valence-electron chi connectivity index (χ1n) is 7.28. The first-order valence-corrected chi connectivity index (χ1v) is 8.93. The molecule has 0 saturated heterocycles. The summed E-state index contributed by atoms with van der Waals surface area (Å²) in [6, 6.07) is 6.14. The number of ketones is 2. The van der Waals surface area contributed by atoms with E-state index in [4.69, 9.17) is 4.74 Å². The van der Waals surface area contributed by atoms with Gasteiger partial charge in [-0.05, 0) is 38.5 Å². The van der Waals surface area contributed by atoms with E-state index in [0.29, 0.717) is 16.8 Å². The molecular formula is C17H19NO5S. The second kappa shape index (κ2) is 6.60. The second-order valence-corrected chi connectivity index (χ2v) is 7.47. The van der Waals surface area contributed by atoms with Crippen molar-refractivity contribution in [1.29, 1.82) is 0 Å². The highest BCUT2D eigenvalue weighted by molar-refractivity contribution is 7.92. The summed E-state index contributed by atoms with van der Waals surface area (Å²) in [6.07, 6.45) is 0. The molecule has 2 rings (SSSR count). The molecule has 0 bridgehead atoms. The van der Waals surface area contributed by atoms with E-state index in [-0.39, 0.29) is 22.1 Å². The van der Waals surface area contributed by atoms with E-state index in [0.717, 1.165) is 0 Å². The number of sulfone groups is 1. The molecule has 2 aromatic rings. The largest absolute Gasteiger partial charge is 0.495 e. The highest BCUT2D eigenvalue weighted by Gasteiger charge is 2.27. The summed E-state index contributed by atoms with van der Waals surface area (Å²) in [7, 11) is -2.50. The van der Waals surface area contributed by atoms with Crippen molar-refractivity contribution in [1.82, 2.24) is 4.98 Å². The number of aromatic nitrogens is 1. The van der Waals surface area contributed by atoms with E-state index in [2.05, 4.69) is 4.98 Å². The molecule has 0 fully saturated rings. The molecule has 1 N–H and O–H groups in total. The van der Waals surface area contributed by atoms with Crippen LogP contribution in [-0.4, -0.2) is 37.8 Å². The van der Waals surface area contributed by atoms with Gasteiger partial charge in [0.1, 0.15) is 16.4 Å². The highest BCUT2D eigenvalue weighted by atomic mass is 32.2. The fourth-order valence-corrected chi connectivity index (χ4v) is 4.14. The Bertz CT molecular complexity index is 909. The van der Waals surface area contributed by atoms with Crippen LogP contribution in [0.4, 0.5) is 0 Å². The summed E-state index contributed by atoms with van der Waals surface area (Å²) in [5, 5.41) is 0. The minimum atomic E-state index is -3.87. The molecular weight excluding hydrogens is 330 g/mol. The number of aromatic amines is 1. The SMILES string of the molecule is COc1ccccc1S(=O)(=O)CC(=O)c1[nH]c(C)c(C(C)=O)c1C. The maximum Gasteiger partial charge on any atom is 0.194 e. The van der Waals surface area contributed by atoms with Gasteiger partial charge in [-0.15, -0.1) is 0 Å². The van der Waals surface area contributed by atoms with Gasteiger partial charge in [-0.1, -0.05) is 12.1 Å². The zero-order chi connectivity index (χ0) is 18.1. The van der Waals surface area contributed by atoms with Gasteiger partial charge in [-0.25, -0.2) is 8.42 Å². The molecule has 0 aliphatic rings. The number of Topliss-reactive ketones (excluding diaryl/α,β-unsaturated/α-hetero) is 2. The molecule has 0 unspecified atom stereocenters. The van der Waals surface area contributed by atoms with E-state index in [9.17, 15) is 18.0 Å². The van der Waals surface area contributed by atoms with Crippen LogP contribution in [0.15, 0.2) is 29.2 Å². The van der Waals surface area contributed by atoms with Crippen LogP contribution in [-0.2, 0) is 9.84 Å². The summed E-state index contributed by atoms with van der Waals surface area (Å²) in [4.78, 5) is 26.9. The predicted octanol–water partition coefficient (Wildman–Crippen LogP) is 2.50. The van der Waals surface area contributed by atoms with Gasteiger partial charge in [0.15, 0.2) is 21.4 Å². The first-order chi connectivity index (χ1) is 11.2. The van der Waals surface area contributed by atoms with Gasteiger partial charge in [0, 0.05) is 11.3 Å². The Balaban J connectivity index is 2.39. The molecule has 128 valence electrons. The smallest absolute Gasteiger partial charge is 0.194 e. The van der Waals surface area contributed by atoms with Crippen molar-refractivity contribution >= 4 is 21.4 Å². The Morgan fingerprint density at radius 1 is 1.17 bits per heavy atom. The van der Waals surface area contributed by atoms with E-state index < -0.39 is 21.4 Å². The van der Waals surface area contributed by atoms with Crippen LogP contribution in [0, 0.1) is 13.8 Å². The van der Waals surface area contributed by atoms with Gasteiger partial charge >= 0.3 is 0 Å². The highest BCUT2D eigenvalue weighted by Crippen LogP contribution is 2.25. The minimum Gasteiger partial charge on any atom is -0.495 e. The van der Waals surface area contributed by atoms with Crippen LogP contribution < -0.4 is 4.74 Å². The second-order valence-electron chi connectivity index (χ2n) is 5.51. The maximum absolute atomic E-state index is 12.6. The molecule has 0 spiro atoms. The van der Waals surface area contributed by atoms with E-state index in [1.54, 1.807) is 26.0 Å². The number of benzene rings is 1. The molecule has 0 radical (unpaired) electrons. The third kappa shape index (κ3) is 3.26. The Kier molecular flexibility index (Phi) is 4.94. The third-order valence-electron chi connectivity index (χ3n) is 3.79. The molecule has 0 amide bonds. The van der Waals surface area contributed by atoms with E-state index in [1.807, 2.05) is 0 Å². The number of ether oxygens (including phenoxy) is 1. The summed E-state index contributed by atoms with van der Waals surface area (Å²) in [5.41, 5.74) is 1.60. The number of rotatable bonds is 6. The molecule has 0 aliphatic carbocycles. The number of carbonyl (C=O) groups excluding carboxylic acids is 2. The standard InChI is InChI=1S/C17H19NO5S/c1-10-16(12(3)19)11(2)18-17(10)13(20)9-24(21,22)15-8-6-5-7-14(15)23-4/h5-8,18H,9H2,1-4H3. The van der Waals surface area contributed by atoms with Gasteiger partial charge in [0.2, 0.25) is 0 Å². The van der Waals surface area contributed by atoms with Crippen LogP contribution in [0.5, 0.6) is 5.75 Å². The Morgan fingerprint density at radius 2 is 1.79 bits per heavy atom. The van der Waals surface area contributed by atoms with E-state index >= 15 is 0 Å². The minimum absolute atomic E-state index is 0.0337. The summed E-state index contributed by atoms with van der Waals surface area (Å²) in [5.74, 6) is -1.28. The quantitative estimate of drug-likeness (QED) is 0.809. The molecule has 0 atom stereocenters. The lowest BCUT2D eigenvalue weighted by molar-refractivity contribution is 0.101. The van der Waals surface area contributed by atoms with Crippen molar-refractivity contribution in [3.8, 4) is 5.75 Å². The lowest BCUT2D eigenvalue weighted by Crippen LogP contribution is -2.18. The molecule has 1 aromatic carbocycles. The van der Waals surface area contributed by atoms with Gasteiger partial charge < -0.3 is 9.72 Å². The van der Waals surface area contributed by atoms with E-state index in [1.165, 1.54) is 26.2 Å². The third-order valence-corrected chi connectivity index (χ3v) is 5.44. The van der Waals surface area contributed by atoms with Crippen LogP contribution >= 0.6 is 0 Å². The number of para-hydroxylation sites is 1. The number of nitrogens with one attached hydrogen (secondary N) is 1. The van der Waals surface area contributed by atoms with Gasteiger partial charge in [-0.2, -0.15) is 0 Å². The maximum atomic E-state index is 12.6. The molecule has 0 saturated carbocycles. The Hall–Kier alpha value is -2.41. The molecule has 1 aromatic heterocycles. The molecule has 24 heavy (non-hydrogen) atoms. The van der Waals surface area contributed by atoms with Crippen LogP contribution in [0.3, 0.4) is 0 Å². The number of carbonyl (C=O) groups is 2. The van der Waals surface area contributed by atoms with Gasteiger partial charge in [0.25, 0.3) is 0 Å². The zero-order valence-electron chi connectivity index (χ0n) is 14.0. The van der Waals surface area contributed by atoms with Crippen molar-refractivity contribution in [3.63, 3.8) is 0 Å². The Morgan fingerprint density at radius 3 is 2.33 bits per heavy atom. The first kappa shape index (κ1) is 17.9. The predicted molar refractivity (Wildman–Crippen MR) is 89.6 cm³/mol. The summed E-state index contributed by atoms with van der Waals surface area (Å²) >= 11 is 0. The van der Waals surface area contributed by atoms with Crippen molar-refractivity contribution in [2.75, 3.05) is 12.9 Å². The van der Waals surface area contributed by atoms with Gasteiger partial charge in [0.05, 0.1) is 12.8 Å². The number of methoxy groups -OCH3 is 1. The Labute approximate surface area is 140 Å². The topological polar surface area (TPSA) is 93.3 Å². The lowest BCUT2D eigenvalue weighted by Gasteiger charge is -2.08. The molecule has 7 heteroatoms. The molecule has 1 heterocycles. The number of aryl methyl sites for hydroxylation is 1. The van der Waals surface area contributed by atoms with Crippen LogP contribution in [0.2, 0.25) is 0 Å². The summed E-state index contributed by atoms with van der Waals surface area (Å²) in [6.45, 7) is 4.71. The summed E-state index contributed by atoms with van der Waals surface area (Å²) < 4.78 is 30.2. The normalized spacial score (nSPS) is 11.3. The zero-order valence-corrected chi connectivity index (χ0v) is 14.8. The fraction of sp³-hybridized carbons (Fsp3) is 0.294. The average Bonchev–Trinajstić information content (AvgIpc) is 2.81. The monoisotopic (exact) mass is 349 g/mol. The van der Waals surface area contributed by atoms with Gasteiger partial charge in [-0.3, -0.25) is 9.59 Å².